The van der Waals surface area contributed by atoms with Gasteiger partial charge in [0, 0.05) is 17.9 Å². The standard InChI is InChI=1S/C14H26O5S2/c15-12(14(18)19)9-11-21-20-10-7-5-3-1-2-4-6-8-13(16)17/h12,15H,1-11H2,(H,16,17)(H,18,19). The number of rotatable bonds is 15. The molecule has 21 heavy (non-hydrogen) atoms. The fourth-order valence-corrected chi connectivity index (χ4v) is 3.95. The third kappa shape index (κ3) is 15.8. The van der Waals surface area contributed by atoms with Crippen molar-refractivity contribution in [2.45, 2.75) is 63.9 Å². The molecule has 0 rings (SSSR count). The molecule has 0 fully saturated rings. The van der Waals surface area contributed by atoms with Gasteiger partial charge in [-0.1, -0.05) is 53.7 Å². The van der Waals surface area contributed by atoms with Crippen molar-refractivity contribution in [2.75, 3.05) is 11.5 Å². The zero-order valence-corrected chi connectivity index (χ0v) is 14.0. The predicted octanol–water partition coefficient (Wildman–Crippen LogP) is 3.41. The van der Waals surface area contributed by atoms with E-state index in [1.165, 1.54) is 19.3 Å². The topological polar surface area (TPSA) is 94.8 Å². The minimum atomic E-state index is -1.24. The smallest absolute Gasteiger partial charge is 0.332 e. The summed E-state index contributed by atoms with van der Waals surface area (Å²) < 4.78 is 0. The Morgan fingerprint density at radius 3 is 1.90 bits per heavy atom. The highest BCUT2D eigenvalue weighted by Gasteiger charge is 2.11. The minimum Gasteiger partial charge on any atom is -0.481 e. The molecule has 0 aromatic heterocycles. The van der Waals surface area contributed by atoms with Gasteiger partial charge in [-0.3, -0.25) is 4.79 Å². The van der Waals surface area contributed by atoms with E-state index >= 15 is 0 Å². The molecule has 7 heteroatoms. The molecule has 1 atom stereocenters. The van der Waals surface area contributed by atoms with Gasteiger partial charge in [-0.15, -0.1) is 0 Å². The monoisotopic (exact) mass is 338 g/mol. The third-order valence-corrected chi connectivity index (χ3v) is 5.49. The number of unbranched alkanes of at least 4 members (excludes halogenated alkanes) is 6. The minimum absolute atomic E-state index is 0.282. The molecule has 0 saturated heterocycles. The molecule has 0 aliphatic rings. The van der Waals surface area contributed by atoms with Crippen LogP contribution < -0.4 is 0 Å². The molecule has 0 saturated carbocycles. The largest absolute Gasteiger partial charge is 0.481 e. The molecule has 1 unspecified atom stereocenters. The Labute approximate surface area is 134 Å². The fraction of sp³-hybridized carbons (Fsp3) is 0.857. The zero-order valence-electron chi connectivity index (χ0n) is 12.3. The summed E-state index contributed by atoms with van der Waals surface area (Å²) in [5.74, 6) is -0.154. The third-order valence-electron chi connectivity index (χ3n) is 2.96. The van der Waals surface area contributed by atoms with E-state index in [1.807, 2.05) is 0 Å². The summed E-state index contributed by atoms with van der Waals surface area (Å²) in [6.07, 6.45) is 6.93. The van der Waals surface area contributed by atoms with Crippen LogP contribution in [0.4, 0.5) is 0 Å². The Bertz CT molecular complexity index is 287. The van der Waals surface area contributed by atoms with Crippen molar-refractivity contribution in [3.05, 3.63) is 0 Å². The van der Waals surface area contributed by atoms with E-state index in [-0.39, 0.29) is 6.42 Å². The highest BCUT2D eigenvalue weighted by atomic mass is 33.1. The molecule has 0 bridgehead atoms. The highest BCUT2D eigenvalue weighted by Crippen LogP contribution is 2.24. The summed E-state index contributed by atoms with van der Waals surface area (Å²) in [4.78, 5) is 20.7. The van der Waals surface area contributed by atoms with E-state index in [4.69, 9.17) is 15.3 Å². The highest BCUT2D eigenvalue weighted by molar-refractivity contribution is 8.76. The van der Waals surface area contributed by atoms with Gasteiger partial charge in [0.15, 0.2) is 6.10 Å². The van der Waals surface area contributed by atoms with Crippen LogP contribution in [0.25, 0.3) is 0 Å². The molecular formula is C14H26O5S2. The van der Waals surface area contributed by atoms with Crippen molar-refractivity contribution >= 4 is 33.5 Å². The average Bonchev–Trinajstić information content (AvgIpc) is 2.43. The molecule has 0 aromatic carbocycles. The van der Waals surface area contributed by atoms with Gasteiger partial charge in [-0.25, -0.2) is 4.79 Å². The summed E-state index contributed by atoms with van der Waals surface area (Å²) in [7, 11) is 3.34. The van der Waals surface area contributed by atoms with E-state index in [2.05, 4.69) is 0 Å². The Balaban J connectivity index is 3.09. The first-order valence-electron chi connectivity index (χ1n) is 7.41. The fourth-order valence-electron chi connectivity index (χ4n) is 1.72. The molecule has 0 amide bonds. The summed E-state index contributed by atoms with van der Waals surface area (Å²) in [5.41, 5.74) is 0. The lowest BCUT2D eigenvalue weighted by Gasteiger charge is -2.04. The number of hydrogen-bond donors (Lipinski definition) is 3. The van der Waals surface area contributed by atoms with E-state index in [0.717, 1.165) is 31.4 Å². The zero-order chi connectivity index (χ0) is 15.9. The van der Waals surface area contributed by atoms with Gasteiger partial charge in [0.05, 0.1) is 0 Å². The van der Waals surface area contributed by atoms with Crippen LogP contribution in [-0.2, 0) is 9.59 Å². The maximum atomic E-state index is 10.4. The summed E-state index contributed by atoms with van der Waals surface area (Å²) >= 11 is 0. The lowest BCUT2D eigenvalue weighted by molar-refractivity contribution is -0.146. The maximum Gasteiger partial charge on any atom is 0.332 e. The number of aliphatic carboxylic acids is 2. The van der Waals surface area contributed by atoms with Crippen molar-refractivity contribution < 1.29 is 24.9 Å². The maximum absolute atomic E-state index is 10.4. The van der Waals surface area contributed by atoms with Crippen LogP contribution >= 0.6 is 21.6 Å². The van der Waals surface area contributed by atoms with Gasteiger partial charge in [0.25, 0.3) is 0 Å². The van der Waals surface area contributed by atoms with Gasteiger partial charge < -0.3 is 15.3 Å². The van der Waals surface area contributed by atoms with Crippen molar-refractivity contribution in [1.29, 1.82) is 0 Å². The number of hydrogen-bond acceptors (Lipinski definition) is 5. The molecule has 3 N–H and O–H groups in total. The molecule has 124 valence electrons. The van der Waals surface area contributed by atoms with Gasteiger partial charge >= 0.3 is 11.9 Å². The second-order valence-electron chi connectivity index (χ2n) is 4.91. The van der Waals surface area contributed by atoms with E-state index in [0.29, 0.717) is 12.2 Å². The first-order chi connectivity index (χ1) is 10.0. The summed E-state index contributed by atoms with van der Waals surface area (Å²) in [6.45, 7) is 0. The van der Waals surface area contributed by atoms with E-state index in [9.17, 15) is 9.59 Å². The second-order valence-corrected chi connectivity index (χ2v) is 7.61. The van der Waals surface area contributed by atoms with Crippen LogP contribution in [0.1, 0.15) is 57.8 Å². The van der Waals surface area contributed by atoms with Gasteiger partial charge in [0.1, 0.15) is 0 Å². The number of carbonyl (C=O) groups is 2. The van der Waals surface area contributed by atoms with Crippen LogP contribution in [0.2, 0.25) is 0 Å². The molecule has 0 radical (unpaired) electrons. The Morgan fingerprint density at radius 2 is 1.33 bits per heavy atom. The lowest BCUT2D eigenvalue weighted by atomic mass is 10.1. The normalized spacial score (nSPS) is 12.2. The van der Waals surface area contributed by atoms with Crippen LogP contribution in [0.5, 0.6) is 0 Å². The van der Waals surface area contributed by atoms with Crippen LogP contribution in [0.15, 0.2) is 0 Å². The van der Waals surface area contributed by atoms with Crippen molar-refractivity contribution in [3.8, 4) is 0 Å². The van der Waals surface area contributed by atoms with E-state index < -0.39 is 18.0 Å². The van der Waals surface area contributed by atoms with E-state index in [1.54, 1.807) is 21.6 Å². The lowest BCUT2D eigenvalue weighted by Crippen LogP contribution is -2.19. The Hall–Kier alpha value is -0.400. The second kappa shape index (κ2) is 14.5. The van der Waals surface area contributed by atoms with Crippen molar-refractivity contribution in [1.82, 2.24) is 0 Å². The molecule has 0 spiro atoms. The SMILES string of the molecule is O=C(O)CCCCCCCCCSSCCC(O)C(=O)O. The van der Waals surface area contributed by atoms with Crippen molar-refractivity contribution in [3.63, 3.8) is 0 Å². The summed E-state index contributed by atoms with van der Waals surface area (Å²) in [5, 5.41) is 26.0. The molecule has 0 aliphatic heterocycles. The van der Waals surface area contributed by atoms with Crippen LogP contribution in [0.3, 0.4) is 0 Å². The first-order valence-corrected chi connectivity index (χ1v) is 9.90. The van der Waals surface area contributed by atoms with Crippen molar-refractivity contribution in [2.24, 2.45) is 0 Å². The van der Waals surface area contributed by atoms with Gasteiger partial charge in [-0.2, -0.15) is 0 Å². The average molecular weight is 338 g/mol. The van der Waals surface area contributed by atoms with Crippen LogP contribution in [0, 0.1) is 0 Å². The number of carboxylic acids is 2. The molecule has 0 heterocycles. The quantitative estimate of drug-likeness (QED) is 0.311. The Morgan fingerprint density at radius 1 is 0.810 bits per heavy atom. The first kappa shape index (κ1) is 20.6. The van der Waals surface area contributed by atoms with Crippen LogP contribution in [-0.4, -0.2) is 44.9 Å². The molecule has 5 nitrogen and oxygen atoms in total. The molecule has 0 aliphatic carbocycles. The molecular weight excluding hydrogens is 312 g/mol. The predicted molar refractivity (Wildman–Crippen MR) is 87.7 cm³/mol. The molecule has 0 aromatic rings. The number of aliphatic hydroxyl groups is 1. The van der Waals surface area contributed by atoms with Gasteiger partial charge in [0.2, 0.25) is 0 Å². The number of aliphatic hydroxyl groups excluding tert-OH is 1. The summed E-state index contributed by atoms with van der Waals surface area (Å²) in [6, 6.07) is 0. The Kier molecular flexibility index (Phi) is 14.3. The number of carboxylic acid groups (broad SMARTS) is 2. The van der Waals surface area contributed by atoms with Gasteiger partial charge in [-0.05, 0) is 19.3 Å².